The fraction of sp³-hybridized carbons (Fsp3) is 0.360. The lowest BCUT2D eigenvalue weighted by Crippen LogP contribution is -2.50. The van der Waals surface area contributed by atoms with E-state index < -0.39 is 29.3 Å². The van der Waals surface area contributed by atoms with Crippen molar-refractivity contribution in [1.29, 1.82) is 0 Å². The maximum atomic E-state index is 13.6. The standard InChI is InChI=1S/C25H28F2N4O3/c1-16(33)30-23(10-17-8-20(26)12-21(27)9-17)24(34)14-28-25(13-19(25)15-32)18-4-2-5-22(11-18)31-7-3-6-29-31/h2-9,11-12,19,23-24,28,32,34H,10,13-15H2,1H3,(H,30,33). The van der Waals surface area contributed by atoms with Crippen LogP contribution in [-0.4, -0.2) is 51.2 Å². The van der Waals surface area contributed by atoms with E-state index >= 15 is 0 Å². The third-order valence-electron chi connectivity index (χ3n) is 6.31. The molecule has 1 aliphatic rings. The molecule has 1 heterocycles. The molecule has 1 aliphatic carbocycles. The van der Waals surface area contributed by atoms with Gasteiger partial charge in [-0.05, 0) is 54.3 Å². The quantitative estimate of drug-likeness (QED) is 0.364. The number of carbonyl (C=O) groups excluding carboxylic acids is 1. The second-order valence-electron chi connectivity index (χ2n) is 8.79. The number of benzene rings is 2. The average Bonchev–Trinajstić information content (AvgIpc) is 3.24. The number of rotatable bonds is 10. The topological polar surface area (TPSA) is 99.4 Å². The van der Waals surface area contributed by atoms with Gasteiger partial charge in [0.05, 0.1) is 17.8 Å². The SMILES string of the molecule is CC(=O)NC(Cc1cc(F)cc(F)c1)C(O)CNC1(c2cccc(-n3cccn3)c2)CC1CO. The molecule has 1 amide bonds. The molecule has 4 atom stereocenters. The van der Waals surface area contributed by atoms with Crippen LogP contribution >= 0.6 is 0 Å². The predicted molar refractivity (Wildman–Crippen MR) is 122 cm³/mol. The van der Waals surface area contributed by atoms with Gasteiger partial charge in [0.2, 0.25) is 5.91 Å². The van der Waals surface area contributed by atoms with Gasteiger partial charge in [0, 0.05) is 50.0 Å². The summed E-state index contributed by atoms with van der Waals surface area (Å²) in [6.07, 6.45) is 3.23. The van der Waals surface area contributed by atoms with Crippen LogP contribution in [0.1, 0.15) is 24.5 Å². The van der Waals surface area contributed by atoms with Gasteiger partial charge in [0.15, 0.2) is 0 Å². The molecule has 0 bridgehead atoms. The number of halogens is 2. The van der Waals surface area contributed by atoms with Gasteiger partial charge in [-0.25, -0.2) is 13.5 Å². The van der Waals surface area contributed by atoms with Gasteiger partial charge >= 0.3 is 0 Å². The first-order chi connectivity index (χ1) is 16.3. The Kier molecular flexibility index (Phi) is 7.06. The maximum absolute atomic E-state index is 13.6. The molecule has 4 N–H and O–H groups in total. The predicted octanol–water partition coefficient (Wildman–Crippen LogP) is 2.06. The second kappa shape index (κ2) is 10.0. The average molecular weight is 471 g/mol. The summed E-state index contributed by atoms with van der Waals surface area (Å²) in [7, 11) is 0. The van der Waals surface area contributed by atoms with Crippen molar-refractivity contribution >= 4 is 5.91 Å². The Bertz CT molecular complexity index is 1120. The molecule has 0 spiro atoms. The first-order valence-electron chi connectivity index (χ1n) is 11.2. The Labute approximate surface area is 196 Å². The number of nitrogens with one attached hydrogen (secondary N) is 2. The Morgan fingerprint density at radius 2 is 2.00 bits per heavy atom. The van der Waals surface area contributed by atoms with Crippen LogP contribution in [0.25, 0.3) is 5.69 Å². The summed E-state index contributed by atoms with van der Waals surface area (Å²) in [5.74, 6) is -1.83. The van der Waals surface area contributed by atoms with Crippen molar-refractivity contribution in [3.8, 4) is 5.69 Å². The molecule has 34 heavy (non-hydrogen) atoms. The Morgan fingerprint density at radius 3 is 2.62 bits per heavy atom. The van der Waals surface area contributed by atoms with Gasteiger partial charge in [0.1, 0.15) is 11.6 Å². The van der Waals surface area contributed by atoms with Crippen LogP contribution in [0.5, 0.6) is 0 Å². The molecule has 180 valence electrons. The van der Waals surface area contributed by atoms with Gasteiger partial charge in [-0.15, -0.1) is 0 Å². The number of carbonyl (C=O) groups is 1. The van der Waals surface area contributed by atoms with E-state index in [9.17, 15) is 23.8 Å². The van der Waals surface area contributed by atoms with Crippen LogP contribution in [0.3, 0.4) is 0 Å². The van der Waals surface area contributed by atoms with Gasteiger partial charge in [-0.2, -0.15) is 5.10 Å². The van der Waals surface area contributed by atoms with Crippen LogP contribution in [-0.2, 0) is 16.8 Å². The molecule has 1 saturated carbocycles. The summed E-state index contributed by atoms with van der Waals surface area (Å²) in [6, 6.07) is 12.0. The van der Waals surface area contributed by atoms with Gasteiger partial charge in [-0.1, -0.05) is 12.1 Å². The molecular formula is C25H28F2N4O3. The van der Waals surface area contributed by atoms with Gasteiger partial charge in [-0.3, -0.25) is 4.79 Å². The zero-order chi connectivity index (χ0) is 24.3. The van der Waals surface area contributed by atoms with Gasteiger partial charge < -0.3 is 20.8 Å². The number of hydrogen-bond acceptors (Lipinski definition) is 5. The summed E-state index contributed by atoms with van der Waals surface area (Å²) >= 11 is 0. The summed E-state index contributed by atoms with van der Waals surface area (Å²) in [5, 5.41) is 31.1. The Morgan fingerprint density at radius 1 is 1.24 bits per heavy atom. The molecule has 0 saturated heterocycles. The van der Waals surface area contributed by atoms with Crippen LogP contribution < -0.4 is 10.6 Å². The van der Waals surface area contributed by atoms with Crippen LogP contribution in [0.4, 0.5) is 8.78 Å². The molecule has 0 radical (unpaired) electrons. The lowest BCUT2D eigenvalue weighted by Gasteiger charge is -2.28. The number of hydrogen-bond donors (Lipinski definition) is 4. The zero-order valence-corrected chi connectivity index (χ0v) is 18.8. The van der Waals surface area contributed by atoms with Crippen molar-refractivity contribution in [2.75, 3.05) is 13.2 Å². The molecule has 9 heteroatoms. The first kappa shape index (κ1) is 24.0. The van der Waals surface area contributed by atoms with Crippen molar-refractivity contribution < 1.29 is 23.8 Å². The molecule has 2 aromatic carbocycles. The van der Waals surface area contributed by atoms with E-state index in [4.69, 9.17) is 0 Å². The number of aliphatic hydroxyl groups excluding tert-OH is 2. The zero-order valence-electron chi connectivity index (χ0n) is 18.8. The lowest BCUT2D eigenvalue weighted by molar-refractivity contribution is -0.120. The van der Waals surface area contributed by atoms with Gasteiger partial charge in [0.25, 0.3) is 0 Å². The normalized spacial score (nSPS) is 21.1. The number of nitrogens with zero attached hydrogens (tertiary/aromatic N) is 2. The van der Waals surface area contributed by atoms with E-state index in [0.29, 0.717) is 12.0 Å². The molecule has 7 nitrogen and oxygen atoms in total. The van der Waals surface area contributed by atoms with Crippen molar-refractivity contribution in [2.24, 2.45) is 5.92 Å². The number of aromatic nitrogens is 2. The largest absolute Gasteiger partial charge is 0.396 e. The summed E-state index contributed by atoms with van der Waals surface area (Å²) in [4.78, 5) is 11.7. The molecular weight excluding hydrogens is 442 g/mol. The van der Waals surface area contributed by atoms with Crippen molar-refractivity contribution in [3.63, 3.8) is 0 Å². The van der Waals surface area contributed by atoms with Crippen molar-refractivity contribution in [1.82, 2.24) is 20.4 Å². The molecule has 3 aromatic rings. The molecule has 0 aliphatic heterocycles. The highest BCUT2D eigenvalue weighted by atomic mass is 19.1. The highest BCUT2D eigenvalue weighted by Gasteiger charge is 2.55. The third kappa shape index (κ3) is 5.32. The Hall–Kier alpha value is -3.14. The minimum absolute atomic E-state index is 0.0210. The van der Waals surface area contributed by atoms with E-state index in [2.05, 4.69) is 15.7 Å². The van der Waals surface area contributed by atoms with Crippen LogP contribution in [0, 0.1) is 17.6 Å². The number of aliphatic hydroxyl groups is 2. The molecule has 4 unspecified atom stereocenters. The molecule has 1 aromatic heterocycles. The third-order valence-corrected chi connectivity index (χ3v) is 6.31. The number of amides is 1. The van der Waals surface area contributed by atoms with Crippen molar-refractivity contribution in [3.05, 3.63) is 83.7 Å². The lowest BCUT2D eigenvalue weighted by atomic mass is 9.98. The van der Waals surface area contributed by atoms with Crippen LogP contribution in [0.15, 0.2) is 60.9 Å². The highest BCUT2D eigenvalue weighted by molar-refractivity contribution is 5.73. The Balaban J connectivity index is 1.50. The highest BCUT2D eigenvalue weighted by Crippen LogP contribution is 2.51. The molecule has 1 fully saturated rings. The fourth-order valence-electron chi connectivity index (χ4n) is 4.53. The van der Waals surface area contributed by atoms with E-state index in [0.717, 1.165) is 17.3 Å². The van der Waals surface area contributed by atoms with E-state index in [1.54, 1.807) is 10.9 Å². The van der Waals surface area contributed by atoms with E-state index in [1.165, 1.54) is 19.1 Å². The van der Waals surface area contributed by atoms with Crippen molar-refractivity contribution in [2.45, 2.75) is 37.5 Å². The summed E-state index contributed by atoms with van der Waals surface area (Å²) < 4.78 is 29.0. The summed E-state index contributed by atoms with van der Waals surface area (Å²) in [5.41, 5.74) is 1.62. The second-order valence-corrected chi connectivity index (χ2v) is 8.79. The molecule has 4 rings (SSSR count). The first-order valence-corrected chi connectivity index (χ1v) is 11.2. The van der Waals surface area contributed by atoms with E-state index in [-0.39, 0.29) is 31.4 Å². The smallest absolute Gasteiger partial charge is 0.217 e. The minimum atomic E-state index is -1.04. The van der Waals surface area contributed by atoms with E-state index in [1.807, 2.05) is 36.5 Å². The van der Waals surface area contributed by atoms with Crippen LogP contribution in [0.2, 0.25) is 0 Å². The minimum Gasteiger partial charge on any atom is -0.396 e. The summed E-state index contributed by atoms with van der Waals surface area (Å²) in [6.45, 7) is 1.41. The maximum Gasteiger partial charge on any atom is 0.217 e. The fourth-order valence-corrected chi connectivity index (χ4v) is 4.53. The monoisotopic (exact) mass is 470 g/mol.